The van der Waals surface area contributed by atoms with Gasteiger partial charge in [0.1, 0.15) is 23.6 Å². The maximum Gasteiger partial charge on any atom is 0.171 e. The minimum Gasteiger partial charge on any atom is -0.494 e. The van der Waals surface area contributed by atoms with Gasteiger partial charge >= 0.3 is 0 Å². The molecule has 0 bridgehead atoms. The fourth-order valence-corrected chi connectivity index (χ4v) is 3.18. The minimum atomic E-state index is 0.0456. The summed E-state index contributed by atoms with van der Waals surface area (Å²) in [5, 5.41) is 8.00. The Hall–Kier alpha value is -2.86. The van der Waals surface area contributed by atoms with Gasteiger partial charge in [0.05, 0.1) is 13.2 Å². The lowest BCUT2D eigenvalue weighted by atomic mass is 10.1. The quantitative estimate of drug-likeness (QED) is 0.594. The molecule has 6 heteroatoms. The molecule has 1 atom stereocenters. The Morgan fingerprint density at radius 2 is 1.96 bits per heavy atom. The number of pyridine rings is 1. The molecule has 1 aromatic heterocycles. The van der Waals surface area contributed by atoms with Crippen molar-refractivity contribution in [3.05, 3.63) is 59.8 Å². The second-order valence-electron chi connectivity index (χ2n) is 6.77. The molecule has 0 unspecified atom stereocenters. The largest absolute Gasteiger partial charge is 0.494 e. The summed E-state index contributed by atoms with van der Waals surface area (Å²) in [6.45, 7) is 6.71. The van der Waals surface area contributed by atoms with Crippen LogP contribution in [0.1, 0.15) is 18.1 Å². The van der Waals surface area contributed by atoms with Crippen molar-refractivity contribution < 1.29 is 9.47 Å². The van der Waals surface area contributed by atoms with Crippen molar-refractivity contribution in [3.8, 4) is 11.5 Å². The predicted molar refractivity (Wildman–Crippen MR) is 119 cm³/mol. The SMILES string of the molecule is COc1ccc(NC(=S)N[C@H](C)COc2ccc(C)c(C)c2)c2cccnc12. The maximum atomic E-state index is 5.88. The van der Waals surface area contributed by atoms with Gasteiger partial charge in [-0.05, 0) is 80.5 Å². The predicted octanol–water partition coefficient (Wildman–Crippen LogP) is 4.61. The monoisotopic (exact) mass is 395 g/mol. The Balaban J connectivity index is 1.61. The van der Waals surface area contributed by atoms with Gasteiger partial charge in [-0.3, -0.25) is 4.98 Å². The summed E-state index contributed by atoms with van der Waals surface area (Å²) in [5.41, 5.74) is 4.15. The number of hydrogen-bond donors (Lipinski definition) is 2. The summed E-state index contributed by atoms with van der Waals surface area (Å²) in [7, 11) is 1.64. The zero-order valence-electron chi connectivity index (χ0n) is 16.6. The normalized spacial score (nSPS) is 11.7. The fraction of sp³-hybridized carbons (Fsp3) is 0.273. The third kappa shape index (κ3) is 4.70. The van der Waals surface area contributed by atoms with E-state index in [4.69, 9.17) is 21.7 Å². The number of hydrogen-bond acceptors (Lipinski definition) is 4. The van der Waals surface area contributed by atoms with Gasteiger partial charge in [0.15, 0.2) is 5.11 Å². The molecule has 3 aromatic rings. The van der Waals surface area contributed by atoms with Crippen LogP contribution >= 0.6 is 12.2 Å². The minimum absolute atomic E-state index is 0.0456. The van der Waals surface area contributed by atoms with E-state index in [1.54, 1.807) is 13.3 Å². The van der Waals surface area contributed by atoms with Crippen LogP contribution in [0.2, 0.25) is 0 Å². The van der Waals surface area contributed by atoms with E-state index in [9.17, 15) is 0 Å². The van der Waals surface area contributed by atoms with Crippen LogP contribution in [-0.2, 0) is 0 Å². The van der Waals surface area contributed by atoms with Crippen molar-refractivity contribution in [2.45, 2.75) is 26.8 Å². The molecule has 146 valence electrons. The molecule has 3 rings (SSSR count). The molecule has 1 heterocycles. The number of ether oxygens (including phenoxy) is 2. The van der Waals surface area contributed by atoms with Crippen LogP contribution in [0.4, 0.5) is 5.69 Å². The van der Waals surface area contributed by atoms with Crippen molar-refractivity contribution in [2.75, 3.05) is 19.0 Å². The lowest BCUT2D eigenvalue weighted by molar-refractivity contribution is 0.287. The third-order valence-electron chi connectivity index (χ3n) is 4.56. The van der Waals surface area contributed by atoms with Gasteiger partial charge in [-0.1, -0.05) is 6.07 Å². The average molecular weight is 396 g/mol. The van der Waals surface area contributed by atoms with Gasteiger partial charge in [0.25, 0.3) is 0 Å². The van der Waals surface area contributed by atoms with Crippen LogP contribution in [0.3, 0.4) is 0 Å². The average Bonchev–Trinajstić information content (AvgIpc) is 2.69. The number of aromatic nitrogens is 1. The van der Waals surface area contributed by atoms with Crippen LogP contribution in [0, 0.1) is 13.8 Å². The molecule has 0 radical (unpaired) electrons. The number of anilines is 1. The summed E-state index contributed by atoms with van der Waals surface area (Å²) in [4.78, 5) is 4.41. The first-order chi connectivity index (χ1) is 13.5. The lowest BCUT2D eigenvalue weighted by Crippen LogP contribution is -2.39. The first-order valence-electron chi connectivity index (χ1n) is 9.17. The first-order valence-corrected chi connectivity index (χ1v) is 9.58. The van der Waals surface area contributed by atoms with Crippen LogP contribution in [0.25, 0.3) is 10.9 Å². The Bertz CT molecular complexity index is 991. The summed E-state index contributed by atoms with van der Waals surface area (Å²) < 4.78 is 11.3. The zero-order chi connectivity index (χ0) is 20.1. The Labute approximate surface area is 171 Å². The summed E-state index contributed by atoms with van der Waals surface area (Å²) in [6.07, 6.45) is 1.75. The molecule has 0 amide bonds. The van der Waals surface area contributed by atoms with Crippen molar-refractivity contribution in [1.82, 2.24) is 10.3 Å². The zero-order valence-corrected chi connectivity index (χ0v) is 17.4. The number of thiocarbonyl (C=S) groups is 1. The molecule has 0 aliphatic carbocycles. The van der Waals surface area contributed by atoms with E-state index in [0.29, 0.717) is 11.7 Å². The number of methoxy groups -OCH3 is 1. The molecule has 2 aromatic carbocycles. The maximum absolute atomic E-state index is 5.88. The second kappa shape index (κ2) is 8.89. The van der Waals surface area contributed by atoms with Crippen LogP contribution < -0.4 is 20.1 Å². The molecule has 0 saturated heterocycles. The van der Waals surface area contributed by atoms with E-state index >= 15 is 0 Å². The number of nitrogens with one attached hydrogen (secondary N) is 2. The van der Waals surface area contributed by atoms with Crippen molar-refractivity contribution in [1.29, 1.82) is 0 Å². The molecule has 0 fully saturated rings. The smallest absolute Gasteiger partial charge is 0.171 e. The van der Waals surface area contributed by atoms with E-state index < -0.39 is 0 Å². The third-order valence-corrected chi connectivity index (χ3v) is 4.78. The number of rotatable bonds is 6. The first kappa shape index (κ1) is 19.9. The van der Waals surface area contributed by atoms with Crippen LogP contribution in [0.5, 0.6) is 11.5 Å². The second-order valence-corrected chi connectivity index (χ2v) is 7.18. The molecule has 5 nitrogen and oxygen atoms in total. The van der Waals surface area contributed by atoms with E-state index in [-0.39, 0.29) is 6.04 Å². The van der Waals surface area contributed by atoms with Crippen LogP contribution in [0.15, 0.2) is 48.7 Å². The molecule has 0 aliphatic heterocycles. The Morgan fingerprint density at radius 3 is 2.71 bits per heavy atom. The molecule has 28 heavy (non-hydrogen) atoms. The molecule has 0 spiro atoms. The summed E-state index contributed by atoms with van der Waals surface area (Å²) in [6, 6.07) is 13.9. The van der Waals surface area contributed by atoms with E-state index in [2.05, 4.69) is 41.6 Å². The van der Waals surface area contributed by atoms with E-state index in [1.807, 2.05) is 37.3 Å². The summed E-state index contributed by atoms with van der Waals surface area (Å²) in [5.74, 6) is 1.60. The van der Waals surface area contributed by atoms with E-state index in [1.165, 1.54) is 11.1 Å². The highest BCUT2D eigenvalue weighted by molar-refractivity contribution is 7.80. The van der Waals surface area contributed by atoms with Gasteiger partial charge < -0.3 is 20.1 Å². The fourth-order valence-electron chi connectivity index (χ4n) is 2.87. The highest BCUT2D eigenvalue weighted by Crippen LogP contribution is 2.29. The highest BCUT2D eigenvalue weighted by Gasteiger charge is 2.10. The molecular formula is C22H25N3O2S. The number of fused-ring (bicyclic) bond motifs is 1. The van der Waals surface area contributed by atoms with Crippen LogP contribution in [-0.4, -0.2) is 29.9 Å². The highest BCUT2D eigenvalue weighted by atomic mass is 32.1. The molecular weight excluding hydrogens is 370 g/mol. The molecule has 0 saturated carbocycles. The van der Waals surface area contributed by atoms with Gasteiger partial charge in [0.2, 0.25) is 0 Å². The van der Waals surface area contributed by atoms with Crippen molar-refractivity contribution in [3.63, 3.8) is 0 Å². The number of benzene rings is 2. The van der Waals surface area contributed by atoms with E-state index in [0.717, 1.165) is 28.1 Å². The topological polar surface area (TPSA) is 55.4 Å². The number of aryl methyl sites for hydroxylation is 2. The molecule has 2 N–H and O–H groups in total. The lowest BCUT2D eigenvalue weighted by Gasteiger charge is -2.19. The van der Waals surface area contributed by atoms with Crippen molar-refractivity contribution >= 4 is 33.9 Å². The standard InChI is InChI=1S/C22H25N3O2S/c1-14-7-8-17(12-15(14)2)27-13-16(3)24-22(28)25-19-9-10-20(26-4)21-18(19)6-5-11-23-21/h5-12,16H,13H2,1-4H3,(H2,24,25,28)/t16-/m1/s1. The van der Waals surface area contributed by atoms with Gasteiger partial charge in [-0.15, -0.1) is 0 Å². The molecule has 0 aliphatic rings. The van der Waals surface area contributed by atoms with Gasteiger partial charge in [-0.2, -0.15) is 0 Å². The van der Waals surface area contributed by atoms with Gasteiger partial charge in [-0.25, -0.2) is 0 Å². The Kier molecular flexibility index (Phi) is 6.31. The van der Waals surface area contributed by atoms with Gasteiger partial charge in [0, 0.05) is 17.3 Å². The summed E-state index contributed by atoms with van der Waals surface area (Å²) >= 11 is 5.48. The Morgan fingerprint density at radius 1 is 1.14 bits per heavy atom. The number of nitrogens with zero attached hydrogens (tertiary/aromatic N) is 1. The van der Waals surface area contributed by atoms with Crippen molar-refractivity contribution in [2.24, 2.45) is 0 Å².